The van der Waals surface area contributed by atoms with E-state index in [0.717, 1.165) is 4.90 Å². The number of amides is 1. The van der Waals surface area contributed by atoms with E-state index >= 15 is 0 Å². The molecule has 2 rings (SSSR count). The SMILES string of the molecule is CCOc1c(C(C)Cl)c(F)c(Cl)c(CCCC(F)(F)F)c1C1CN(C(=O)[O-])C1. The Labute approximate surface area is 170 Å². The van der Waals surface area contributed by atoms with E-state index < -0.39 is 35.8 Å². The number of likely N-dealkylation sites (tertiary alicyclic amines) is 1. The molecule has 1 atom stereocenters. The molecule has 28 heavy (non-hydrogen) atoms. The van der Waals surface area contributed by atoms with Gasteiger partial charge in [-0.2, -0.15) is 13.2 Å². The summed E-state index contributed by atoms with van der Waals surface area (Å²) in [6.07, 6.45) is -7.15. The van der Waals surface area contributed by atoms with Crippen LogP contribution in [0.3, 0.4) is 0 Å². The summed E-state index contributed by atoms with van der Waals surface area (Å²) < 4.78 is 58.2. The van der Waals surface area contributed by atoms with Crippen molar-refractivity contribution in [1.82, 2.24) is 4.90 Å². The summed E-state index contributed by atoms with van der Waals surface area (Å²) in [7, 11) is 0. The molecule has 1 aliphatic rings. The third-order valence-corrected chi connectivity index (χ3v) is 5.24. The maximum absolute atomic E-state index is 14.9. The Morgan fingerprint density at radius 2 is 2.00 bits per heavy atom. The van der Waals surface area contributed by atoms with Gasteiger partial charge in [-0.25, -0.2) is 4.39 Å². The fourth-order valence-electron chi connectivity index (χ4n) is 3.36. The lowest BCUT2D eigenvalue weighted by Gasteiger charge is -2.43. The van der Waals surface area contributed by atoms with Crippen molar-refractivity contribution >= 4 is 29.3 Å². The molecular formula is C18H20Cl2F4NO3-. The molecule has 0 radical (unpaired) electrons. The van der Waals surface area contributed by atoms with Crippen LogP contribution in [-0.4, -0.2) is 36.9 Å². The van der Waals surface area contributed by atoms with Gasteiger partial charge in [-0.15, -0.1) is 11.6 Å². The maximum Gasteiger partial charge on any atom is 0.389 e. The molecule has 1 aromatic carbocycles. The number of carbonyl (C=O) groups excluding carboxylic acids is 1. The number of ether oxygens (including phenoxy) is 1. The molecule has 0 aliphatic carbocycles. The number of carbonyl (C=O) groups is 1. The van der Waals surface area contributed by atoms with Crippen LogP contribution in [0.1, 0.15) is 54.7 Å². The van der Waals surface area contributed by atoms with Gasteiger partial charge in [0.25, 0.3) is 0 Å². The van der Waals surface area contributed by atoms with Crippen LogP contribution in [0.15, 0.2) is 0 Å². The smallest absolute Gasteiger partial charge is 0.389 e. The van der Waals surface area contributed by atoms with Gasteiger partial charge in [-0.1, -0.05) is 11.6 Å². The molecule has 1 heterocycles. The number of nitrogens with zero attached hydrogens (tertiary/aromatic N) is 1. The van der Waals surface area contributed by atoms with Crippen LogP contribution < -0.4 is 9.84 Å². The number of carboxylic acid groups (broad SMARTS) is 1. The molecule has 1 saturated heterocycles. The van der Waals surface area contributed by atoms with Gasteiger partial charge >= 0.3 is 6.18 Å². The van der Waals surface area contributed by atoms with Gasteiger partial charge in [0.1, 0.15) is 17.7 Å². The second-order valence-corrected chi connectivity index (χ2v) is 7.68. The first-order chi connectivity index (χ1) is 13.0. The zero-order valence-corrected chi connectivity index (χ0v) is 16.8. The first-order valence-electron chi connectivity index (χ1n) is 8.81. The minimum Gasteiger partial charge on any atom is -0.530 e. The van der Waals surface area contributed by atoms with Crippen LogP contribution in [-0.2, 0) is 6.42 Å². The van der Waals surface area contributed by atoms with Crippen LogP contribution >= 0.6 is 23.2 Å². The highest BCUT2D eigenvalue weighted by atomic mass is 35.5. The third-order valence-electron chi connectivity index (χ3n) is 4.63. The first-order valence-corrected chi connectivity index (χ1v) is 9.62. The molecule has 0 aromatic heterocycles. The van der Waals surface area contributed by atoms with Crippen LogP contribution in [0.4, 0.5) is 22.4 Å². The van der Waals surface area contributed by atoms with E-state index in [2.05, 4.69) is 0 Å². The standard InChI is InChI=1S/C18H21Cl2F4NO3/c1-3-28-16-12(9(2)19)15(21)14(20)11(5-4-6-18(22,23)24)13(16)10-7-25(8-10)17(26)27/h9-10H,3-8H2,1-2H3,(H,26,27)/p-1. The van der Waals surface area contributed by atoms with Crippen LogP contribution in [0.2, 0.25) is 5.02 Å². The average Bonchev–Trinajstić information content (AvgIpc) is 2.51. The van der Waals surface area contributed by atoms with Gasteiger partial charge in [0.2, 0.25) is 0 Å². The highest BCUT2D eigenvalue weighted by Crippen LogP contribution is 2.47. The van der Waals surface area contributed by atoms with Gasteiger partial charge in [-0.05, 0) is 32.3 Å². The average molecular weight is 445 g/mol. The summed E-state index contributed by atoms with van der Waals surface area (Å²) in [4.78, 5) is 12.0. The molecule has 1 unspecified atom stereocenters. The predicted octanol–water partition coefficient (Wildman–Crippen LogP) is 4.81. The van der Waals surface area contributed by atoms with Crippen molar-refractivity contribution in [2.24, 2.45) is 0 Å². The lowest BCUT2D eigenvalue weighted by atomic mass is 9.83. The second kappa shape index (κ2) is 8.95. The lowest BCUT2D eigenvalue weighted by molar-refractivity contribution is -0.270. The largest absolute Gasteiger partial charge is 0.530 e. The van der Waals surface area contributed by atoms with Crippen LogP contribution in [0.5, 0.6) is 5.75 Å². The van der Waals surface area contributed by atoms with Gasteiger partial charge in [0.15, 0.2) is 0 Å². The van der Waals surface area contributed by atoms with Crippen LogP contribution in [0.25, 0.3) is 0 Å². The van der Waals surface area contributed by atoms with E-state index in [4.69, 9.17) is 27.9 Å². The Morgan fingerprint density at radius 1 is 1.39 bits per heavy atom. The Kier molecular flexibility index (Phi) is 7.31. The molecule has 4 nitrogen and oxygen atoms in total. The normalized spacial score (nSPS) is 16.1. The molecule has 1 fully saturated rings. The minimum absolute atomic E-state index is 0.0231. The van der Waals surface area contributed by atoms with E-state index in [9.17, 15) is 27.5 Å². The number of hydrogen-bond donors (Lipinski definition) is 0. The Morgan fingerprint density at radius 3 is 2.46 bits per heavy atom. The molecule has 158 valence electrons. The summed E-state index contributed by atoms with van der Waals surface area (Å²) in [5.41, 5.74) is 0.654. The first kappa shape index (κ1) is 22.9. The van der Waals surface area contributed by atoms with Crippen molar-refractivity contribution in [2.75, 3.05) is 19.7 Å². The highest BCUT2D eigenvalue weighted by Gasteiger charge is 2.37. The van der Waals surface area contributed by atoms with Gasteiger partial charge in [0.05, 0.1) is 17.0 Å². The summed E-state index contributed by atoms with van der Waals surface area (Å²) in [5, 5.41) is 9.88. The monoisotopic (exact) mass is 444 g/mol. The van der Waals surface area contributed by atoms with Crippen LogP contribution in [0, 0.1) is 5.82 Å². The van der Waals surface area contributed by atoms with Crippen molar-refractivity contribution in [3.8, 4) is 5.75 Å². The quantitative estimate of drug-likeness (QED) is 0.448. The summed E-state index contributed by atoms with van der Waals surface area (Å²) in [6.45, 7) is 3.50. The lowest BCUT2D eigenvalue weighted by Crippen LogP contribution is -2.53. The molecule has 1 aromatic rings. The predicted molar refractivity (Wildman–Crippen MR) is 95.6 cm³/mol. The highest BCUT2D eigenvalue weighted by molar-refractivity contribution is 6.32. The van der Waals surface area contributed by atoms with E-state index in [1.165, 1.54) is 6.92 Å². The Hall–Kier alpha value is -1.41. The second-order valence-electron chi connectivity index (χ2n) is 6.65. The summed E-state index contributed by atoms with van der Waals surface area (Å²) in [6, 6.07) is 0. The molecule has 0 saturated carbocycles. The van der Waals surface area contributed by atoms with Gasteiger partial charge in [-0.3, -0.25) is 0 Å². The Bertz CT molecular complexity index is 735. The third kappa shape index (κ3) is 4.95. The molecule has 0 N–H and O–H groups in total. The topological polar surface area (TPSA) is 52.6 Å². The van der Waals surface area contributed by atoms with Crippen molar-refractivity contribution in [2.45, 2.75) is 50.6 Å². The minimum atomic E-state index is -4.35. The summed E-state index contributed by atoms with van der Waals surface area (Å²) in [5.74, 6) is -1.08. The molecular weight excluding hydrogens is 425 g/mol. The zero-order chi connectivity index (χ0) is 21.2. The van der Waals surface area contributed by atoms with Crippen molar-refractivity contribution < 1.29 is 32.2 Å². The summed E-state index contributed by atoms with van der Waals surface area (Å²) >= 11 is 12.3. The van der Waals surface area contributed by atoms with E-state index in [0.29, 0.717) is 5.56 Å². The zero-order valence-electron chi connectivity index (χ0n) is 15.3. The van der Waals surface area contributed by atoms with Crippen molar-refractivity contribution in [1.29, 1.82) is 0 Å². The van der Waals surface area contributed by atoms with Gasteiger partial charge < -0.3 is 19.5 Å². The number of alkyl halides is 4. The fraction of sp³-hybridized carbons (Fsp3) is 0.611. The Balaban J connectivity index is 2.53. The van der Waals surface area contributed by atoms with Crippen molar-refractivity contribution in [3.05, 3.63) is 27.5 Å². The number of hydrogen-bond acceptors (Lipinski definition) is 3. The molecule has 0 bridgehead atoms. The van der Waals surface area contributed by atoms with E-state index in [1.807, 2.05) is 0 Å². The van der Waals surface area contributed by atoms with E-state index in [-0.39, 0.29) is 54.4 Å². The molecule has 1 aliphatic heterocycles. The number of halogens is 6. The molecule has 10 heteroatoms. The molecule has 0 spiro atoms. The fourth-order valence-corrected chi connectivity index (χ4v) is 3.85. The van der Waals surface area contributed by atoms with Gasteiger partial charge in [0, 0.05) is 36.6 Å². The van der Waals surface area contributed by atoms with E-state index in [1.54, 1.807) is 6.92 Å². The number of rotatable bonds is 7. The number of benzene rings is 1. The molecule has 1 amide bonds. The maximum atomic E-state index is 14.9. The van der Waals surface area contributed by atoms with Crippen molar-refractivity contribution in [3.63, 3.8) is 0 Å².